The van der Waals surface area contributed by atoms with Crippen LogP contribution in [0.3, 0.4) is 0 Å². The van der Waals surface area contributed by atoms with Gasteiger partial charge >= 0.3 is 5.97 Å². The fraction of sp³-hybridized carbons (Fsp3) is 0.515. The minimum absolute atomic E-state index is 0.104. The van der Waals surface area contributed by atoms with Crippen LogP contribution in [-0.4, -0.2) is 59.5 Å². The molecule has 2 unspecified atom stereocenters. The molecule has 2 aliphatic rings. The molecule has 42 heavy (non-hydrogen) atoms. The number of nitrogens with zero attached hydrogens (tertiary/aromatic N) is 2. The van der Waals surface area contributed by atoms with Gasteiger partial charge in [-0.1, -0.05) is 69.2 Å². The minimum Gasteiger partial charge on any atom is -0.480 e. The van der Waals surface area contributed by atoms with Crippen LogP contribution in [0.5, 0.6) is 0 Å². The maximum atomic E-state index is 13.8. The van der Waals surface area contributed by atoms with E-state index in [9.17, 15) is 24.3 Å². The number of carbonyl (C=O) groups excluding carboxylic acids is 3. The zero-order valence-electron chi connectivity index (χ0n) is 25.0. The standard InChI is InChI=1S/C33H43N3O6/c1-22(2)20-28-30(38)36(29(35(28)23(3)37)25-10-6-5-7-11-25)26-14-12-24(13-15-26)21-27(31(39)40)34-32(41)33(18-19-42-4)16-8-9-17-33/h5-7,10-15,22,27-29H,8-9,16-21H2,1-4H3,(H,34,41)(H,39,40)/t27-,28?,29?/m0/s1. The summed E-state index contributed by atoms with van der Waals surface area (Å²) in [6.07, 6.45) is 3.96. The van der Waals surface area contributed by atoms with E-state index in [1.807, 2.05) is 44.2 Å². The monoisotopic (exact) mass is 577 g/mol. The van der Waals surface area contributed by atoms with E-state index in [2.05, 4.69) is 5.32 Å². The number of amides is 3. The molecule has 226 valence electrons. The summed E-state index contributed by atoms with van der Waals surface area (Å²) in [5.41, 5.74) is 1.58. The molecule has 1 aliphatic heterocycles. The molecule has 2 fully saturated rings. The number of carboxylic acid groups (broad SMARTS) is 1. The number of carbonyl (C=O) groups is 4. The van der Waals surface area contributed by atoms with Gasteiger partial charge in [0, 0.05) is 32.7 Å². The first-order valence-electron chi connectivity index (χ1n) is 14.9. The van der Waals surface area contributed by atoms with Crippen LogP contribution < -0.4 is 10.2 Å². The highest BCUT2D eigenvalue weighted by molar-refractivity contribution is 6.03. The van der Waals surface area contributed by atoms with Crippen molar-refractivity contribution in [2.45, 2.75) is 84.0 Å². The Kier molecular flexibility index (Phi) is 10.0. The van der Waals surface area contributed by atoms with Crippen LogP contribution in [0.4, 0.5) is 5.69 Å². The highest BCUT2D eigenvalue weighted by Gasteiger charge is 2.48. The van der Waals surface area contributed by atoms with Gasteiger partial charge < -0.3 is 20.1 Å². The Bertz CT molecular complexity index is 1260. The molecule has 3 amide bonds. The maximum Gasteiger partial charge on any atom is 0.326 e. The lowest BCUT2D eigenvalue weighted by Gasteiger charge is -2.31. The number of ether oxygens (including phenoxy) is 1. The number of nitrogens with one attached hydrogen (secondary N) is 1. The Balaban J connectivity index is 1.58. The predicted octanol–water partition coefficient (Wildman–Crippen LogP) is 4.70. The number of carboxylic acids is 1. The lowest BCUT2D eigenvalue weighted by molar-refractivity contribution is -0.144. The number of hydrogen-bond donors (Lipinski definition) is 2. The van der Waals surface area contributed by atoms with E-state index in [1.165, 1.54) is 6.92 Å². The highest BCUT2D eigenvalue weighted by atomic mass is 16.5. The van der Waals surface area contributed by atoms with Crippen LogP contribution in [0.25, 0.3) is 0 Å². The SMILES string of the molecule is COCCC1(C(=O)N[C@@H](Cc2ccc(N3C(=O)C(CC(C)C)N(C(C)=O)C3c3ccccc3)cc2)C(=O)O)CCCC1. The van der Waals surface area contributed by atoms with Gasteiger partial charge in [0.15, 0.2) is 0 Å². The average Bonchev–Trinajstić information content (AvgIpc) is 3.56. The quantitative estimate of drug-likeness (QED) is 0.378. The van der Waals surface area contributed by atoms with Crippen molar-refractivity contribution in [3.63, 3.8) is 0 Å². The smallest absolute Gasteiger partial charge is 0.326 e. The normalized spacial score (nSPS) is 20.6. The third kappa shape index (κ3) is 6.67. The Morgan fingerprint density at radius 2 is 1.69 bits per heavy atom. The van der Waals surface area contributed by atoms with Gasteiger partial charge in [-0.25, -0.2) is 4.79 Å². The largest absolute Gasteiger partial charge is 0.480 e. The van der Waals surface area contributed by atoms with Crippen molar-refractivity contribution in [1.82, 2.24) is 10.2 Å². The first kappa shape index (κ1) is 31.2. The summed E-state index contributed by atoms with van der Waals surface area (Å²) >= 11 is 0. The van der Waals surface area contributed by atoms with Gasteiger partial charge in [-0.15, -0.1) is 0 Å². The van der Waals surface area contributed by atoms with E-state index < -0.39 is 29.6 Å². The molecule has 0 aromatic heterocycles. The molecule has 1 saturated heterocycles. The molecule has 9 heteroatoms. The molecule has 0 radical (unpaired) electrons. The van der Waals surface area contributed by atoms with Crippen molar-refractivity contribution in [3.8, 4) is 0 Å². The van der Waals surface area contributed by atoms with Gasteiger partial charge in [0.1, 0.15) is 18.2 Å². The molecule has 1 saturated carbocycles. The number of benzene rings is 2. The molecular weight excluding hydrogens is 534 g/mol. The Morgan fingerprint density at radius 3 is 2.24 bits per heavy atom. The number of aliphatic carboxylic acids is 1. The zero-order chi connectivity index (χ0) is 30.4. The van der Waals surface area contributed by atoms with Gasteiger partial charge in [-0.05, 0) is 54.9 Å². The van der Waals surface area contributed by atoms with E-state index in [0.29, 0.717) is 30.7 Å². The second-order valence-corrected chi connectivity index (χ2v) is 12.0. The van der Waals surface area contributed by atoms with Gasteiger partial charge in [-0.3, -0.25) is 19.3 Å². The van der Waals surface area contributed by atoms with E-state index in [-0.39, 0.29) is 30.1 Å². The van der Waals surface area contributed by atoms with Crippen molar-refractivity contribution in [2.75, 3.05) is 18.6 Å². The number of rotatable bonds is 12. The second-order valence-electron chi connectivity index (χ2n) is 12.0. The molecule has 0 spiro atoms. The van der Waals surface area contributed by atoms with Crippen molar-refractivity contribution in [2.24, 2.45) is 11.3 Å². The van der Waals surface area contributed by atoms with Crippen molar-refractivity contribution in [3.05, 3.63) is 65.7 Å². The second kappa shape index (κ2) is 13.5. The topological polar surface area (TPSA) is 116 Å². The third-order valence-electron chi connectivity index (χ3n) is 8.61. The summed E-state index contributed by atoms with van der Waals surface area (Å²) in [5.74, 6) is -1.43. The molecule has 1 aliphatic carbocycles. The number of methoxy groups -OCH3 is 1. The maximum absolute atomic E-state index is 13.8. The first-order valence-corrected chi connectivity index (χ1v) is 14.9. The predicted molar refractivity (Wildman–Crippen MR) is 160 cm³/mol. The van der Waals surface area contributed by atoms with Crippen LogP contribution in [0, 0.1) is 11.3 Å². The van der Waals surface area contributed by atoms with Crippen LogP contribution in [-0.2, 0) is 30.3 Å². The van der Waals surface area contributed by atoms with E-state index in [0.717, 1.165) is 31.2 Å². The van der Waals surface area contributed by atoms with Crippen molar-refractivity contribution < 1.29 is 29.0 Å². The van der Waals surface area contributed by atoms with E-state index >= 15 is 0 Å². The Hall–Kier alpha value is -3.72. The molecule has 3 atom stereocenters. The number of anilines is 1. The fourth-order valence-corrected chi connectivity index (χ4v) is 6.43. The van der Waals surface area contributed by atoms with Crippen molar-refractivity contribution >= 4 is 29.4 Å². The zero-order valence-corrected chi connectivity index (χ0v) is 25.0. The lowest BCUT2D eigenvalue weighted by atomic mass is 9.81. The summed E-state index contributed by atoms with van der Waals surface area (Å²) < 4.78 is 5.22. The average molecular weight is 578 g/mol. The summed E-state index contributed by atoms with van der Waals surface area (Å²) in [4.78, 5) is 55.6. The van der Waals surface area contributed by atoms with Crippen LogP contribution >= 0.6 is 0 Å². The Morgan fingerprint density at radius 1 is 1.05 bits per heavy atom. The number of hydrogen-bond acceptors (Lipinski definition) is 5. The molecule has 2 aromatic rings. The molecule has 4 rings (SSSR count). The summed E-state index contributed by atoms with van der Waals surface area (Å²) in [6, 6.07) is 15.0. The highest BCUT2D eigenvalue weighted by Crippen LogP contribution is 2.42. The Labute approximate surface area is 248 Å². The molecule has 9 nitrogen and oxygen atoms in total. The van der Waals surface area contributed by atoms with Crippen molar-refractivity contribution in [1.29, 1.82) is 0 Å². The fourth-order valence-electron chi connectivity index (χ4n) is 6.43. The van der Waals surface area contributed by atoms with Gasteiger partial charge in [0.2, 0.25) is 11.8 Å². The molecule has 0 bridgehead atoms. The summed E-state index contributed by atoms with van der Waals surface area (Å²) in [5, 5.41) is 12.8. The molecule has 1 heterocycles. The van der Waals surface area contributed by atoms with Gasteiger partial charge in [-0.2, -0.15) is 0 Å². The van der Waals surface area contributed by atoms with Gasteiger partial charge in [0.05, 0.1) is 5.41 Å². The van der Waals surface area contributed by atoms with E-state index in [1.54, 1.807) is 41.2 Å². The first-order chi connectivity index (χ1) is 20.1. The summed E-state index contributed by atoms with van der Waals surface area (Å²) in [6.45, 7) is 6.01. The molecular formula is C33H43N3O6. The van der Waals surface area contributed by atoms with E-state index in [4.69, 9.17) is 4.74 Å². The third-order valence-corrected chi connectivity index (χ3v) is 8.61. The summed E-state index contributed by atoms with van der Waals surface area (Å²) in [7, 11) is 1.60. The van der Waals surface area contributed by atoms with Crippen LogP contribution in [0.1, 0.15) is 76.6 Å². The lowest BCUT2D eigenvalue weighted by Crippen LogP contribution is -2.49. The molecule has 2 aromatic carbocycles. The molecule has 2 N–H and O–H groups in total. The van der Waals surface area contributed by atoms with Crippen LogP contribution in [0.15, 0.2) is 54.6 Å². The van der Waals surface area contributed by atoms with Gasteiger partial charge in [0.25, 0.3) is 5.91 Å². The minimum atomic E-state index is -1.10. The van der Waals surface area contributed by atoms with Crippen LogP contribution in [0.2, 0.25) is 0 Å².